The van der Waals surface area contributed by atoms with Gasteiger partial charge in [0.05, 0.1) is 6.04 Å². The van der Waals surface area contributed by atoms with E-state index >= 15 is 0 Å². The summed E-state index contributed by atoms with van der Waals surface area (Å²) in [5.74, 6) is -0.311. The lowest BCUT2D eigenvalue weighted by Crippen LogP contribution is -2.32. The van der Waals surface area contributed by atoms with E-state index in [0.717, 1.165) is 0 Å². The second kappa shape index (κ2) is 4.33. The number of likely N-dealkylation sites (N-methyl/N-ethyl adjacent to an activating group) is 1. The van der Waals surface area contributed by atoms with Crippen molar-refractivity contribution in [2.45, 2.75) is 13.0 Å². The molecule has 0 heterocycles. The van der Waals surface area contributed by atoms with Gasteiger partial charge in [-0.25, -0.2) is 4.39 Å². The molecular formula is C11H14FNO. The zero-order chi connectivity index (χ0) is 10.7. The van der Waals surface area contributed by atoms with Gasteiger partial charge in [-0.15, -0.1) is 0 Å². The van der Waals surface area contributed by atoms with Crippen molar-refractivity contribution in [1.29, 1.82) is 0 Å². The van der Waals surface area contributed by atoms with Gasteiger partial charge in [-0.2, -0.15) is 0 Å². The Labute approximate surface area is 83.3 Å². The van der Waals surface area contributed by atoms with Crippen molar-refractivity contribution in [3.63, 3.8) is 0 Å². The minimum atomic E-state index is -0.320. The highest BCUT2D eigenvalue weighted by Gasteiger charge is 2.16. The highest BCUT2D eigenvalue weighted by atomic mass is 19.1. The van der Waals surface area contributed by atoms with Crippen LogP contribution in [0.4, 0.5) is 4.39 Å². The van der Waals surface area contributed by atoms with E-state index in [9.17, 15) is 9.18 Å². The Bertz CT molecular complexity index is 319. The summed E-state index contributed by atoms with van der Waals surface area (Å²) >= 11 is 0. The molecule has 1 unspecified atom stereocenters. The molecule has 0 N–H and O–H groups in total. The molecule has 0 aliphatic heterocycles. The second-order valence-corrected chi connectivity index (χ2v) is 3.51. The average molecular weight is 195 g/mol. The molecule has 76 valence electrons. The summed E-state index contributed by atoms with van der Waals surface area (Å²) in [6.45, 7) is 1.83. The number of nitrogens with zero attached hydrogens (tertiary/aromatic N) is 1. The maximum Gasteiger partial charge on any atom is 0.179 e. The summed E-state index contributed by atoms with van der Waals surface area (Å²) in [5.41, 5.74) is 0.549. The monoisotopic (exact) mass is 195 g/mol. The highest BCUT2D eigenvalue weighted by Crippen LogP contribution is 2.08. The van der Waals surface area contributed by atoms with Gasteiger partial charge in [0.1, 0.15) is 5.82 Å². The zero-order valence-corrected chi connectivity index (χ0v) is 8.62. The predicted octanol–water partition coefficient (Wildman–Crippen LogP) is 1.96. The fraction of sp³-hybridized carbons (Fsp3) is 0.364. The van der Waals surface area contributed by atoms with E-state index in [1.54, 1.807) is 0 Å². The number of carbonyl (C=O) groups excluding carboxylic acids is 1. The van der Waals surface area contributed by atoms with Crippen molar-refractivity contribution in [2.24, 2.45) is 0 Å². The molecule has 0 amide bonds. The Morgan fingerprint density at radius 1 is 1.29 bits per heavy atom. The van der Waals surface area contributed by atoms with E-state index in [-0.39, 0.29) is 17.6 Å². The largest absolute Gasteiger partial charge is 0.300 e. The van der Waals surface area contributed by atoms with Gasteiger partial charge in [0.2, 0.25) is 0 Å². The lowest BCUT2D eigenvalue weighted by Gasteiger charge is -2.18. The summed E-state index contributed by atoms with van der Waals surface area (Å²) in [6.07, 6.45) is 0. The minimum Gasteiger partial charge on any atom is -0.300 e. The van der Waals surface area contributed by atoms with Crippen molar-refractivity contribution in [3.8, 4) is 0 Å². The first kappa shape index (κ1) is 10.9. The number of carbonyl (C=O) groups is 1. The molecule has 1 rings (SSSR count). The first-order chi connectivity index (χ1) is 6.52. The number of hydrogen-bond acceptors (Lipinski definition) is 2. The third kappa shape index (κ3) is 2.39. The first-order valence-electron chi connectivity index (χ1n) is 4.48. The summed E-state index contributed by atoms with van der Waals surface area (Å²) < 4.78 is 12.6. The molecule has 2 nitrogen and oxygen atoms in total. The van der Waals surface area contributed by atoms with Crippen LogP contribution in [-0.2, 0) is 0 Å². The Morgan fingerprint density at radius 2 is 1.79 bits per heavy atom. The van der Waals surface area contributed by atoms with Crippen LogP contribution in [0, 0.1) is 5.82 Å². The van der Waals surface area contributed by atoms with Crippen molar-refractivity contribution >= 4 is 5.78 Å². The standard InChI is InChI=1S/C11H14FNO/c1-8(13(2)3)11(14)9-4-6-10(12)7-5-9/h4-8H,1-3H3. The van der Waals surface area contributed by atoms with E-state index < -0.39 is 0 Å². The molecule has 0 aromatic heterocycles. The molecule has 0 spiro atoms. The predicted molar refractivity (Wildman–Crippen MR) is 53.9 cm³/mol. The maximum absolute atomic E-state index is 12.6. The third-order valence-corrected chi connectivity index (χ3v) is 2.28. The van der Waals surface area contributed by atoms with Crippen LogP contribution in [0.15, 0.2) is 24.3 Å². The molecule has 14 heavy (non-hydrogen) atoms. The van der Waals surface area contributed by atoms with Gasteiger partial charge >= 0.3 is 0 Å². The number of halogens is 1. The summed E-state index contributed by atoms with van der Waals surface area (Å²) in [7, 11) is 3.68. The second-order valence-electron chi connectivity index (χ2n) is 3.51. The molecular weight excluding hydrogens is 181 g/mol. The Kier molecular flexibility index (Phi) is 3.36. The molecule has 0 saturated heterocycles. The molecule has 3 heteroatoms. The smallest absolute Gasteiger partial charge is 0.179 e. The van der Waals surface area contributed by atoms with Gasteiger partial charge in [0.15, 0.2) is 5.78 Å². The Hall–Kier alpha value is -1.22. The molecule has 1 aromatic carbocycles. The molecule has 0 aliphatic carbocycles. The van der Waals surface area contributed by atoms with Gasteiger partial charge < -0.3 is 0 Å². The lowest BCUT2D eigenvalue weighted by atomic mass is 10.1. The van der Waals surface area contributed by atoms with Crippen molar-refractivity contribution < 1.29 is 9.18 Å². The van der Waals surface area contributed by atoms with Crippen molar-refractivity contribution in [2.75, 3.05) is 14.1 Å². The molecule has 1 aromatic rings. The van der Waals surface area contributed by atoms with Crippen LogP contribution >= 0.6 is 0 Å². The van der Waals surface area contributed by atoms with Crippen LogP contribution in [0.25, 0.3) is 0 Å². The van der Waals surface area contributed by atoms with Crippen LogP contribution in [0.5, 0.6) is 0 Å². The maximum atomic E-state index is 12.6. The van der Waals surface area contributed by atoms with Crippen LogP contribution < -0.4 is 0 Å². The van der Waals surface area contributed by atoms with Crippen molar-refractivity contribution in [1.82, 2.24) is 4.90 Å². The molecule has 0 saturated carbocycles. The van der Waals surface area contributed by atoms with Gasteiger partial charge in [0.25, 0.3) is 0 Å². The average Bonchev–Trinajstić information content (AvgIpc) is 2.16. The van der Waals surface area contributed by atoms with E-state index in [4.69, 9.17) is 0 Å². The Balaban J connectivity index is 2.84. The van der Waals surface area contributed by atoms with Gasteiger partial charge in [-0.05, 0) is 45.3 Å². The minimum absolute atomic E-state index is 0.00926. The number of hydrogen-bond donors (Lipinski definition) is 0. The van der Waals surface area contributed by atoms with Crippen LogP contribution in [-0.4, -0.2) is 30.8 Å². The summed E-state index contributed by atoms with van der Waals surface area (Å²) in [6, 6.07) is 5.45. The fourth-order valence-corrected chi connectivity index (χ4v) is 1.09. The van der Waals surface area contributed by atoms with Crippen LogP contribution in [0.2, 0.25) is 0 Å². The number of Topliss-reactive ketones (excluding diaryl/α,β-unsaturated/α-hetero) is 1. The number of benzene rings is 1. The quantitative estimate of drug-likeness (QED) is 0.687. The van der Waals surface area contributed by atoms with E-state index in [2.05, 4.69) is 0 Å². The van der Waals surface area contributed by atoms with Crippen molar-refractivity contribution in [3.05, 3.63) is 35.6 Å². The SMILES string of the molecule is CC(C(=O)c1ccc(F)cc1)N(C)C. The van der Waals surface area contributed by atoms with E-state index in [1.165, 1.54) is 24.3 Å². The normalized spacial score (nSPS) is 12.9. The van der Waals surface area contributed by atoms with Gasteiger partial charge in [-0.3, -0.25) is 9.69 Å². The summed E-state index contributed by atoms with van der Waals surface area (Å²) in [4.78, 5) is 13.6. The molecule has 0 radical (unpaired) electrons. The fourth-order valence-electron chi connectivity index (χ4n) is 1.09. The highest BCUT2D eigenvalue weighted by molar-refractivity contribution is 5.99. The van der Waals surface area contributed by atoms with E-state index in [1.807, 2.05) is 25.9 Å². The number of rotatable bonds is 3. The molecule has 0 fully saturated rings. The number of ketones is 1. The summed E-state index contributed by atoms with van der Waals surface area (Å²) in [5, 5.41) is 0. The first-order valence-corrected chi connectivity index (χ1v) is 4.48. The molecule has 1 atom stereocenters. The molecule has 0 aliphatic rings. The van der Waals surface area contributed by atoms with Gasteiger partial charge in [0, 0.05) is 5.56 Å². The van der Waals surface area contributed by atoms with Crippen LogP contribution in [0.3, 0.4) is 0 Å². The van der Waals surface area contributed by atoms with E-state index in [0.29, 0.717) is 5.56 Å². The lowest BCUT2D eigenvalue weighted by molar-refractivity contribution is 0.0890. The third-order valence-electron chi connectivity index (χ3n) is 2.28. The van der Waals surface area contributed by atoms with Gasteiger partial charge in [-0.1, -0.05) is 0 Å². The van der Waals surface area contributed by atoms with Crippen LogP contribution in [0.1, 0.15) is 17.3 Å². The topological polar surface area (TPSA) is 20.3 Å². The Morgan fingerprint density at radius 3 is 2.21 bits per heavy atom. The molecule has 0 bridgehead atoms. The zero-order valence-electron chi connectivity index (χ0n) is 8.62.